The summed E-state index contributed by atoms with van der Waals surface area (Å²) in [5.74, 6) is 0.165. The van der Waals surface area contributed by atoms with E-state index in [0.29, 0.717) is 28.6 Å². The van der Waals surface area contributed by atoms with Crippen LogP contribution in [0, 0.1) is 0 Å². The van der Waals surface area contributed by atoms with E-state index in [1.807, 2.05) is 6.92 Å². The highest BCUT2D eigenvalue weighted by Gasteiger charge is 2.56. The summed E-state index contributed by atoms with van der Waals surface area (Å²) in [5.41, 5.74) is 0.164. The molecule has 4 heterocycles. The van der Waals surface area contributed by atoms with Crippen LogP contribution in [0.2, 0.25) is 0 Å². The fourth-order valence-electron chi connectivity index (χ4n) is 4.90. The van der Waals surface area contributed by atoms with Gasteiger partial charge in [-0.2, -0.15) is 0 Å². The van der Waals surface area contributed by atoms with E-state index in [9.17, 15) is 9.90 Å². The SMILES string of the molecule is Cn1cnc2cc(O)c(-c3ccc(O[C@H]4C[C@]5(C)CC[C@@](C)(N5)[C@H]4F)nn3)cc2c1=O. The first-order valence-electron chi connectivity index (χ1n) is 10.3. The maximum atomic E-state index is 15.1. The van der Waals surface area contributed by atoms with Gasteiger partial charge >= 0.3 is 0 Å². The molecular formula is C22H24FN5O3. The van der Waals surface area contributed by atoms with Crippen molar-refractivity contribution in [2.75, 3.05) is 0 Å². The Labute approximate surface area is 178 Å². The van der Waals surface area contributed by atoms with Crippen LogP contribution in [0.25, 0.3) is 22.2 Å². The van der Waals surface area contributed by atoms with Gasteiger partial charge in [-0.3, -0.25) is 4.79 Å². The Morgan fingerprint density at radius 1 is 1.26 bits per heavy atom. The predicted octanol–water partition coefficient (Wildman–Crippen LogP) is 2.49. The quantitative estimate of drug-likeness (QED) is 0.665. The van der Waals surface area contributed by atoms with Gasteiger partial charge in [0.25, 0.3) is 5.56 Å². The summed E-state index contributed by atoms with van der Waals surface area (Å²) in [6.45, 7) is 3.99. The third kappa shape index (κ3) is 3.23. The molecule has 0 amide bonds. The van der Waals surface area contributed by atoms with Crippen molar-refractivity contribution in [2.24, 2.45) is 7.05 Å². The molecule has 2 saturated heterocycles. The molecule has 9 heteroatoms. The summed E-state index contributed by atoms with van der Waals surface area (Å²) in [4.78, 5) is 16.5. The molecule has 3 aromatic rings. The van der Waals surface area contributed by atoms with Gasteiger partial charge < -0.3 is 19.7 Å². The highest BCUT2D eigenvalue weighted by atomic mass is 19.1. The molecule has 4 atom stereocenters. The monoisotopic (exact) mass is 425 g/mol. The van der Waals surface area contributed by atoms with Crippen LogP contribution < -0.4 is 15.6 Å². The number of rotatable bonds is 3. The van der Waals surface area contributed by atoms with E-state index in [2.05, 4.69) is 27.4 Å². The fraction of sp³-hybridized carbons (Fsp3) is 0.455. The molecule has 1 aromatic carbocycles. The summed E-state index contributed by atoms with van der Waals surface area (Å²) in [6.07, 6.45) is 1.87. The molecule has 2 fully saturated rings. The van der Waals surface area contributed by atoms with E-state index in [-0.39, 0.29) is 22.7 Å². The van der Waals surface area contributed by atoms with Gasteiger partial charge in [0.1, 0.15) is 11.9 Å². The van der Waals surface area contributed by atoms with E-state index in [0.717, 1.165) is 12.8 Å². The number of nitrogens with one attached hydrogen (secondary N) is 1. The number of hydrogen-bond acceptors (Lipinski definition) is 7. The number of halogens is 1. The first-order valence-corrected chi connectivity index (χ1v) is 10.3. The predicted molar refractivity (Wildman–Crippen MR) is 113 cm³/mol. The zero-order chi connectivity index (χ0) is 22.0. The van der Waals surface area contributed by atoms with Crippen LogP contribution >= 0.6 is 0 Å². The van der Waals surface area contributed by atoms with Gasteiger partial charge in [-0.1, -0.05) is 0 Å². The van der Waals surface area contributed by atoms with Crippen LogP contribution in [-0.4, -0.2) is 48.2 Å². The van der Waals surface area contributed by atoms with E-state index in [4.69, 9.17) is 4.74 Å². The molecule has 2 aromatic heterocycles. The molecule has 162 valence electrons. The van der Waals surface area contributed by atoms with Crippen molar-refractivity contribution >= 4 is 10.9 Å². The van der Waals surface area contributed by atoms with E-state index in [1.165, 1.54) is 17.0 Å². The van der Waals surface area contributed by atoms with Gasteiger partial charge in [0, 0.05) is 36.7 Å². The third-order valence-electron chi connectivity index (χ3n) is 6.59. The van der Waals surface area contributed by atoms with Crippen LogP contribution in [0.1, 0.15) is 33.1 Å². The molecule has 0 unspecified atom stereocenters. The lowest BCUT2D eigenvalue weighted by molar-refractivity contribution is -0.00951. The molecule has 5 rings (SSSR count). The van der Waals surface area contributed by atoms with Gasteiger partial charge in [0.05, 0.1) is 28.5 Å². The number of phenolic OH excluding ortho intramolecular Hbond substituents is 1. The average molecular weight is 425 g/mol. The standard InChI is InChI=1S/C22H24FN5O3/c1-21-6-7-22(2,27-21)19(23)17(10-21)31-18-5-4-14(25-26-18)12-8-13-15(9-16(12)29)24-11-28(3)20(13)30/h4-5,8-9,11,17,19,27,29H,6-7,10H2,1-3H3/t17-,19-,21-,22+/m0/s1. The number of aromatic hydroxyl groups is 1. The molecule has 0 saturated carbocycles. The minimum Gasteiger partial charge on any atom is -0.507 e. The van der Waals surface area contributed by atoms with Crippen molar-refractivity contribution in [1.82, 2.24) is 25.1 Å². The Bertz CT molecular complexity index is 1230. The maximum absolute atomic E-state index is 15.1. The molecule has 8 nitrogen and oxygen atoms in total. The number of phenols is 1. The van der Waals surface area contributed by atoms with Gasteiger partial charge in [-0.05, 0) is 38.8 Å². The summed E-state index contributed by atoms with van der Waals surface area (Å²) < 4.78 is 22.3. The summed E-state index contributed by atoms with van der Waals surface area (Å²) in [5, 5.41) is 22.4. The Kier molecular flexibility index (Phi) is 4.30. The zero-order valence-corrected chi connectivity index (χ0v) is 17.6. The number of benzene rings is 1. The van der Waals surface area contributed by atoms with Crippen LogP contribution in [-0.2, 0) is 7.05 Å². The number of fused-ring (bicyclic) bond motifs is 3. The number of alkyl halides is 1. The number of aryl methyl sites for hydroxylation is 1. The Morgan fingerprint density at radius 3 is 2.81 bits per heavy atom. The second-order valence-corrected chi connectivity index (χ2v) is 9.17. The first kappa shape index (κ1) is 19.9. The average Bonchev–Trinajstić information content (AvgIpc) is 3.01. The second-order valence-electron chi connectivity index (χ2n) is 9.17. The first-order chi connectivity index (χ1) is 14.7. The normalized spacial score (nSPS) is 29.9. The van der Waals surface area contributed by atoms with Gasteiger partial charge in [-0.15, -0.1) is 10.2 Å². The van der Waals surface area contributed by atoms with Gasteiger partial charge in [0.2, 0.25) is 5.88 Å². The lowest BCUT2D eigenvalue weighted by Crippen LogP contribution is -2.63. The topological polar surface area (TPSA) is 102 Å². The van der Waals surface area contributed by atoms with Crippen molar-refractivity contribution in [1.29, 1.82) is 0 Å². The largest absolute Gasteiger partial charge is 0.507 e. The Hall–Kier alpha value is -3.07. The number of piperidine rings is 1. The number of aromatic nitrogens is 4. The van der Waals surface area contributed by atoms with Crippen molar-refractivity contribution < 1.29 is 14.2 Å². The molecule has 31 heavy (non-hydrogen) atoms. The fourth-order valence-corrected chi connectivity index (χ4v) is 4.90. The van der Waals surface area contributed by atoms with Gasteiger partial charge in [-0.25, -0.2) is 9.37 Å². The third-order valence-corrected chi connectivity index (χ3v) is 6.59. The van der Waals surface area contributed by atoms with Crippen LogP contribution in [0.3, 0.4) is 0 Å². The maximum Gasteiger partial charge on any atom is 0.260 e. The van der Waals surface area contributed by atoms with Crippen molar-refractivity contribution in [3.63, 3.8) is 0 Å². The second kappa shape index (κ2) is 6.71. The lowest BCUT2D eigenvalue weighted by atomic mass is 9.85. The summed E-state index contributed by atoms with van der Waals surface area (Å²) >= 11 is 0. The number of hydrogen-bond donors (Lipinski definition) is 2. The molecule has 2 N–H and O–H groups in total. The Morgan fingerprint density at radius 2 is 2.06 bits per heavy atom. The number of ether oxygens (including phenoxy) is 1. The van der Waals surface area contributed by atoms with Crippen molar-refractivity contribution in [2.45, 2.75) is 56.5 Å². The molecule has 0 aliphatic carbocycles. The lowest BCUT2D eigenvalue weighted by Gasteiger charge is -2.43. The summed E-state index contributed by atoms with van der Waals surface area (Å²) in [7, 11) is 1.61. The van der Waals surface area contributed by atoms with Crippen molar-refractivity contribution in [3.8, 4) is 22.9 Å². The Balaban J connectivity index is 1.43. The van der Waals surface area contributed by atoms with E-state index < -0.39 is 17.8 Å². The highest BCUT2D eigenvalue weighted by molar-refractivity contribution is 5.86. The van der Waals surface area contributed by atoms with E-state index >= 15 is 4.39 Å². The molecule has 0 radical (unpaired) electrons. The van der Waals surface area contributed by atoms with Crippen LogP contribution in [0.4, 0.5) is 4.39 Å². The van der Waals surface area contributed by atoms with Crippen molar-refractivity contribution in [3.05, 3.63) is 40.9 Å². The van der Waals surface area contributed by atoms with Crippen LogP contribution in [0.5, 0.6) is 11.6 Å². The van der Waals surface area contributed by atoms with Crippen LogP contribution in [0.15, 0.2) is 35.4 Å². The highest BCUT2D eigenvalue weighted by Crippen LogP contribution is 2.44. The smallest absolute Gasteiger partial charge is 0.260 e. The molecule has 2 bridgehead atoms. The number of nitrogens with zero attached hydrogens (tertiary/aromatic N) is 4. The van der Waals surface area contributed by atoms with Gasteiger partial charge in [0.15, 0.2) is 6.17 Å². The minimum atomic E-state index is -1.15. The molecule has 0 spiro atoms. The molecular weight excluding hydrogens is 401 g/mol. The minimum absolute atomic E-state index is 0.0594. The summed E-state index contributed by atoms with van der Waals surface area (Å²) in [6, 6.07) is 6.22. The zero-order valence-electron chi connectivity index (χ0n) is 17.6. The molecule has 2 aliphatic rings. The van der Waals surface area contributed by atoms with E-state index in [1.54, 1.807) is 25.2 Å². The molecule has 2 aliphatic heterocycles.